The van der Waals surface area contributed by atoms with Crippen LogP contribution in [0.1, 0.15) is 12.5 Å². The highest BCUT2D eigenvalue weighted by Gasteiger charge is 2.16. The van der Waals surface area contributed by atoms with Gasteiger partial charge in [-0.15, -0.1) is 0 Å². The highest BCUT2D eigenvalue weighted by atomic mass is 16.6. The van der Waals surface area contributed by atoms with Crippen LogP contribution in [0.15, 0.2) is 54.1 Å². The van der Waals surface area contributed by atoms with Gasteiger partial charge in [0.15, 0.2) is 12.4 Å². The molecule has 29 heavy (non-hydrogen) atoms. The molecule has 2 rings (SSSR count). The maximum absolute atomic E-state index is 12.0. The normalized spacial score (nSPS) is 10.6. The van der Waals surface area contributed by atoms with Gasteiger partial charge in [0.05, 0.1) is 11.5 Å². The number of benzene rings is 2. The van der Waals surface area contributed by atoms with Crippen molar-refractivity contribution in [2.45, 2.75) is 6.92 Å². The zero-order valence-electron chi connectivity index (χ0n) is 15.4. The average Bonchev–Trinajstić information content (AvgIpc) is 2.71. The van der Waals surface area contributed by atoms with Crippen molar-refractivity contribution in [3.8, 4) is 17.6 Å². The first kappa shape index (κ1) is 21.1. The molecule has 0 saturated heterocycles. The molecule has 9 heteroatoms. The molecule has 0 aromatic heterocycles. The quantitative estimate of drug-likeness (QED) is 0.166. The van der Waals surface area contributed by atoms with Crippen LogP contribution in [0.2, 0.25) is 0 Å². The fourth-order valence-electron chi connectivity index (χ4n) is 2.21. The molecule has 0 fully saturated rings. The van der Waals surface area contributed by atoms with E-state index in [2.05, 4.69) is 0 Å². The van der Waals surface area contributed by atoms with Crippen molar-refractivity contribution in [2.24, 2.45) is 0 Å². The van der Waals surface area contributed by atoms with Gasteiger partial charge < -0.3 is 14.2 Å². The maximum Gasteiger partial charge on any atom is 0.349 e. The topological polar surface area (TPSA) is 129 Å². The molecule has 0 amide bonds. The van der Waals surface area contributed by atoms with Gasteiger partial charge in [-0.2, -0.15) is 5.26 Å². The van der Waals surface area contributed by atoms with E-state index in [0.717, 1.165) is 0 Å². The highest BCUT2D eigenvalue weighted by molar-refractivity contribution is 5.97. The monoisotopic (exact) mass is 396 g/mol. The van der Waals surface area contributed by atoms with Gasteiger partial charge in [-0.05, 0) is 36.8 Å². The minimum Gasteiger partial charge on any atom is -0.475 e. The van der Waals surface area contributed by atoms with Crippen LogP contribution >= 0.6 is 0 Å². The fraction of sp³-hybridized carbons (Fsp3) is 0.150. The summed E-state index contributed by atoms with van der Waals surface area (Å²) in [6, 6.07) is 13.5. The number of carbonyl (C=O) groups is 2. The number of hydrogen-bond donors (Lipinski definition) is 0. The van der Waals surface area contributed by atoms with Crippen LogP contribution in [-0.4, -0.2) is 30.1 Å². The van der Waals surface area contributed by atoms with Crippen molar-refractivity contribution >= 4 is 23.7 Å². The third-order valence-electron chi connectivity index (χ3n) is 3.42. The standard InChI is InChI=1S/C20H16N2O7/c1-2-27-20(24)15(12-21)10-14-6-5-7-16(11-14)29-19(23)13-28-18-9-4-3-8-17(18)22(25)26/h3-11H,2,13H2,1H3/b15-10+. The Labute approximate surface area is 165 Å². The van der Waals surface area contributed by atoms with Gasteiger partial charge in [-0.1, -0.05) is 24.3 Å². The molecule has 0 spiro atoms. The van der Waals surface area contributed by atoms with Gasteiger partial charge in [0.1, 0.15) is 17.4 Å². The van der Waals surface area contributed by atoms with E-state index in [4.69, 9.17) is 19.5 Å². The Morgan fingerprint density at radius 1 is 1.21 bits per heavy atom. The molecule has 0 bridgehead atoms. The minimum absolute atomic E-state index is 0.0563. The van der Waals surface area contributed by atoms with Crippen molar-refractivity contribution in [3.05, 3.63) is 69.8 Å². The molecule has 0 atom stereocenters. The molecule has 0 N–H and O–H groups in total. The number of nitro groups is 1. The predicted molar refractivity (Wildman–Crippen MR) is 101 cm³/mol. The summed E-state index contributed by atoms with van der Waals surface area (Å²) in [4.78, 5) is 34.0. The van der Waals surface area contributed by atoms with E-state index in [-0.39, 0.29) is 29.4 Å². The van der Waals surface area contributed by atoms with E-state index in [9.17, 15) is 19.7 Å². The summed E-state index contributed by atoms with van der Waals surface area (Å²) in [5.41, 5.74) is -0.0231. The van der Waals surface area contributed by atoms with Gasteiger partial charge in [0.2, 0.25) is 0 Å². The van der Waals surface area contributed by atoms with E-state index in [1.54, 1.807) is 31.2 Å². The van der Waals surface area contributed by atoms with Gasteiger partial charge in [0, 0.05) is 6.07 Å². The number of para-hydroxylation sites is 2. The van der Waals surface area contributed by atoms with Crippen molar-refractivity contribution < 1.29 is 28.7 Å². The molecular formula is C20H16N2O7. The Balaban J connectivity index is 2.05. The van der Waals surface area contributed by atoms with E-state index in [1.165, 1.54) is 36.4 Å². The van der Waals surface area contributed by atoms with Crippen molar-refractivity contribution in [3.63, 3.8) is 0 Å². The summed E-state index contributed by atoms with van der Waals surface area (Å²) in [6.45, 7) is 1.21. The maximum atomic E-state index is 12.0. The molecular weight excluding hydrogens is 380 g/mol. The Morgan fingerprint density at radius 3 is 2.66 bits per heavy atom. The molecule has 0 saturated carbocycles. The molecule has 9 nitrogen and oxygen atoms in total. The Bertz CT molecular complexity index is 992. The number of hydrogen-bond acceptors (Lipinski definition) is 8. The lowest BCUT2D eigenvalue weighted by Crippen LogP contribution is -2.18. The van der Waals surface area contributed by atoms with E-state index < -0.39 is 23.5 Å². The Hall–Kier alpha value is -4.19. The number of ether oxygens (including phenoxy) is 3. The van der Waals surface area contributed by atoms with Crippen molar-refractivity contribution in [2.75, 3.05) is 13.2 Å². The van der Waals surface area contributed by atoms with Gasteiger partial charge in [-0.3, -0.25) is 10.1 Å². The van der Waals surface area contributed by atoms with Crippen molar-refractivity contribution in [1.29, 1.82) is 5.26 Å². The van der Waals surface area contributed by atoms with Crippen molar-refractivity contribution in [1.82, 2.24) is 0 Å². The van der Waals surface area contributed by atoms with Gasteiger partial charge >= 0.3 is 17.6 Å². The van der Waals surface area contributed by atoms with Crippen LogP contribution in [0, 0.1) is 21.4 Å². The molecule has 0 aliphatic rings. The van der Waals surface area contributed by atoms with Gasteiger partial charge in [0.25, 0.3) is 0 Å². The summed E-state index contributed by atoms with van der Waals surface area (Å²) < 4.78 is 15.1. The average molecular weight is 396 g/mol. The third kappa shape index (κ3) is 6.18. The van der Waals surface area contributed by atoms with E-state index in [0.29, 0.717) is 5.56 Å². The highest BCUT2D eigenvalue weighted by Crippen LogP contribution is 2.25. The number of nitro benzene ring substituents is 1. The number of carbonyl (C=O) groups excluding carboxylic acids is 2. The lowest BCUT2D eigenvalue weighted by atomic mass is 10.1. The molecule has 0 unspecified atom stereocenters. The smallest absolute Gasteiger partial charge is 0.349 e. The second kappa shape index (κ2) is 10.2. The summed E-state index contributed by atoms with van der Waals surface area (Å²) in [6.07, 6.45) is 1.30. The Morgan fingerprint density at radius 2 is 1.97 bits per heavy atom. The largest absolute Gasteiger partial charge is 0.475 e. The van der Waals surface area contributed by atoms with E-state index >= 15 is 0 Å². The zero-order valence-corrected chi connectivity index (χ0v) is 15.4. The van der Waals surface area contributed by atoms with Crippen LogP contribution in [0.5, 0.6) is 11.5 Å². The molecule has 0 radical (unpaired) electrons. The third-order valence-corrected chi connectivity index (χ3v) is 3.42. The van der Waals surface area contributed by atoms with Crippen LogP contribution in [-0.2, 0) is 14.3 Å². The SMILES string of the molecule is CCOC(=O)/C(C#N)=C/c1cccc(OC(=O)COc2ccccc2[N+](=O)[O-])c1. The molecule has 0 aliphatic heterocycles. The number of nitriles is 1. The van der Waals surface area contributed by atoms with Crippen LogP contribution in [0.3, 0.4) is 0 Å². The first-order valence-electron chi connectivity index (χ1n) is 8.40. The summed E-state index contributed by atoms with van der Waals surface area (Å²) in [7, 11) is 0. The molecule has 148 valence electrons. The van der Waals surface area contributed by atoms with Gasteiger partial charge in [-0.25, -0.2) is 9.59 Å². The number of nitrogens with zero attached hydrogens (tertiary/aromatic N) is 2. The number of rotatable bonds is 8. The minimum atomic E-state index is -0.782. The summed E-state index contributed by atoms with van der Waals surface area (Å²) in [5.74, 6) is -1.44. The second-order valence-corrected chi connectivity index (χ2v) is 5.45. The van der Waals surface area contributed by atoms with E-state index in [1.807, 2.05) is 0 Å². The Kier molecular flexibility index (Phi) is 7.44. The van der Waals surface area contributed by atoms with Crippen LogP contribution in [0.4, 0.5) is 5.69 Å². The lowest BCUT2D eigenvalue weighted by molar-refractivity contribution is -0.385. The fourth-order valence-corrected chi connectivity index (χ4v) is 2.21. The van der Waals surface area contributed by atoms with Crippen LogP contribution < -0.4 is 9.47 Å². The summed E-state index contributed by atoms with van der Waals surface area (Å²) in [5, 5.41) is 20.0. The molecule has 2 aromatic rings. The first-order chi connectivity index (χ1) is 13.9. The second-order valence-electron chi connectivity index (χ2n) is 5.45. The zero-order chi connectivity index (χ0) is 21.2. The van der Waals surface area contributed by atoms with Crippen LogP contribution in [0.25, 0.3) is 6.08 Å². The number of esters is 2. The first-order valence-corrected chi connectivity index (χ1v) is 8.40. The summed E-state index contributed by atoms with van der Waals surface area (Å²) >= 11 is 0. The molecule has 0 aliphatic carbocycles. The molecule has 2 aromatic carbocycles. The lowest BCUT2D eigenvalue weighted by Gasteiger charge is -2.07. The predicted octanol–water partition coefficient (Wildman–Crippen LogP) is 3.05. The molecule has 0 heterocycles.